The molecule has 25 heavy (non-hydrogen) atoms. The summed E-state index contributed by atoms with van der Waals surface area (Å²) in [4.78, 5) is 17.0. The number of carbonyl (C=O) groups is 1. The summed E-state index contributed by atoms with van der Waals surface area (Å²) >= 11 is 0. The normalized spacial score (nSPS) is 24.1. The summed E-state index contributed by atoms with van der Waals surface area (Å²) in [7, 11) is 0. The Hall–Kier alpha value is -1.55. The molecule has 1 aromatic rings. The summed E-state index contributed by atoms with van der Waals surface area (Å²) in [6, 6.07) is 11.0. The summed E-state index contributed by atoms with van der Waals surface area (Å²) < 4.78 is 0. The van der Waals surface area contributed by atoms with E-state index in [0.717, 1.165) is 38.4 Å². The molecule has 138 valence electrons. The Labute approximate surface area is 152 Å². The van der Waals surface area contributed by atoms with Crippen LogP contribution in [0.1, 0.15) is 51.0 Å². The molecule has 2 aliphatic heterocycles. The first-order chi connectivity index (χ1) is 12.1. The van der Waals surface area contributed by atoms with E-state index in [-0.39, 0.29) is 12.1 Å². The van der Waals surface area contributed by atoms with Gasteiger partial charge < -0.3 is 15.1 Å². The maximum Gasteiger partial charge on any atom is 0.317 e. The molecule has 2 atom stereocenters. The number of nitrogens with zero attached hydrogens (tertiary/aromatic N) is 2. The molecule has 2 fully saturated rings. The van der Waals surface area contributed by atoms with Crippen molar-refractivity contribution in [2.75, 3.05) is 32.7 Å². The molecule has 1 aromatic carbocycles. The molecule has 0 saturated carbocycles. The van der Waals surface area contributed by atoms with E-state index in [1.54, 1.807) is 0 Å². The molecule has 3 rings (SSSR count). The van der Waals surface area contributed by atoms with Gasteiger partial charge in [0.15, 0.2) is 0 Å². The van der Waals surface area contributed by atoms with Crippen molar-refractivity contribution in [3.63, 3.8) is 0 Å². The highest BCUT2D eigenvalue weighted by molar-refractivity contribution is 5.74. The Morgan fingerprint density at radius 3 is 2.56 bits per heavy atom. The fourth-order valence-corrected chi connectivity index (χ4v) is 4.33. The van der Waals surface area contributed by atoms with E-state index in [4.69, 9.17) is 0 Å². The Balaban J connectivity index is 1.41. The van der Waals surface area contributed by atoms with Crippen LogP contribution in [0.25, 0.3) is 0 Å². The van der Waals surface area contributed by atoms with Crippen LogP contribution in [0.5, 0.6) is 0 Å². The number of rotatable bonds is 4. The largest absolute Gasteiger partial charge is 0.334 e. The van der Waals surface area contributed by atoms with Crippen molar-refractivity contribution in [2.24, 2.45) is 5.92 Å². The summed E-state index contributed by atoms with van der Waals surface area (Å²) in [5, 5.41) is 3.21. The zero-order chi connectivity index (χ0) is 17.6. The standard InChI is InChI=1S/C21H33N3O/c1-17-7-6-12-23(15-17)16-18(2)22-21(25)24-13-10-20(11-14-24)19-8-4-3-5-9-19/h3-5,8-9,17-18,20H,6-7,10-16H2,1-2H3,(H,22,25). The molecule has 2 heterocycles. The second-order valence-corrected chi connectivity index (χ2v) is 8.03. The van der Waals surface area contributed by atoms with Crippen LogP contribution >= 0.6 is 0 Å². The first-order valence-corrected chi connectivity index (χ1v) is 9.94. The van der Waals surface area contributed by atoms with Gasteiger partial charge >= 0.3 is 6.03 Å². The van der Waals surface area contributed by atoms with Crippen LogP contribution in [-0.4, -0.2) is 54.6 Å². The van der Waals surface area contributed by atoms with Gasteiger partial charge in [0.1, 0.15) is 0 Å². The smallest absolute Gasteiger partial charge is 0.317 e. The lowest BCUT2D eigenvalue weighted by Gasteiger charge is -2.35. The van der Waals surface area contributed by atoms with E-state index in [1.165, 1.54) is 31.5 Å². The molecular weight excluding hydrogens is 310 g/mol. The first kappa shape index (κ1) is 18.2. The summed E-state index contributed by atoms with van der Waals surface area (Å²) in [6.45, 7) is 9.49. The topological polar surface area (TPSA) is 35.6 Å². The number of carbonyl (C=O) groups excluding carboxylic acids is 1. The van der Waals surface area contributed by atoms with Crippen LogP contribution in [0, 0.1) is 5.92 Å². The molecule has 2 unspecified atom stereocenters. The maximum absolute atomic E-state index is 12.6. The Kier molecular flexibility index (Phi) is 6.35. The van der Waals surface area contributed by atoms with E-state index in [0.29, 0.717) is 5.92 Å². The fourth-order valence-electron chi connectivity index (χ4n) is 4.33. The van der Waals surface area contributed by atoms with Crippen LogP contribution in [0.4, 0.5) is 4.79 Å². The lowest BCUT2D eigenvalue weighted by Crippen LogP contribution is -2.50. The number of benzene rings is 1. The zero-order valence-electron chi connectivity index (χ0n) is 15.8. The first-order valence-electron chi connectivity index (χ1n) is 9.94. The number of hydrogen-bond acceptors (Lipinski definition) is 2. The van der Waals surface area contributed by atoms with Gasteiger partial charge in [-0.15, -0.1) is 0 Å². The number of piperidine rings is 2. The van der Waals surface area contributed by atoms with Gasteiger partial charge in [0.2, 0.25) is 0 Å². The molecule has 0 aromatic heterocycles. The van der Waals surface area contributed by atoms with Crippen molar-refractivity contribution in [1.29, 1.82) is 0 Å². The summed E-state index contributed by atoms with van der Waals surface area (Å²) in [5.41, 5.74) is 1.41. The van der Waals surface area contributed by atoms with Gasteiger partial charge in [-0.3, -0.25) is 0 Å². The Morgan fingerprint density at radius 2 is 1.88 bits per heavy atom. The van der Waals surface area contributed by atoms with E-state index in [1.807, 2.05) is 4.90 Å². The van der Waals surface area contributed by atoms with E-state index >= 15 is 0 Å². The van der Waals surface area contributed by atoms with Gasteiger partial charge in [-0.1, -0.05) is 37.3 Å². The predicted octanol–water partition coefficient (Wildman–Crippen LogP) is 3.70. The lowest BCUT2D eigenvalue weighted by atomic mass is 9.90. The molecule has 1 N–H and O–H groups in total. The molecule has 2 saturated heterocycles. The van der Waals surface area contributed by atoms with Crippen LogP contribution in [-0.2, 0) is 0 Å². The number of urea groups is 1. The van der Waals surface area contributed by atoms with Crippen molar-refractivity contribution in [1.82, 2.24) is 15.1 Å². The molecule has 0 spiro atoms. The SMILES string of the molecule is CC1CCCN(CC(C)NC(=O)N2CCC(c3ccccc3)CC2)C1. The molecule has 0 radical (unpaired) electrons. The van der Waals surface area contributed by atoms with Crippen LogP contribution in [0.3, 0.4) is 0 Å². The zero-order valence-corrected chi connectivity index (χ0v) is 15.8. The third kappa shape index (κ3) is 5.21. The van der Waals surface area contributed by atoms with Gasteiger partial charge in [-0.2, -0.15) is 0 Å². The summed E-state index contributed by atoms with van der Waals surface area (Å²) in [5.74, 6) is 1.38. The third-order valence-corrected chi connectivity index (χ3v) is 5.70. The highest BCUT2D eigenvalue weighted by Gasteiger charge is 2.25. The third-order valence-electron chi connectivity index (χ3n) is 5.70. The minimum atomic E-state index is 0.115. The fraction of sp³-hybridized carbons (Fsp3) is 0.667. The lowest BCUT2D eigenvalue weighted by molar-refractivity contribution is 0.156. The van der Waals surface area contributed by atoms with Crippen molar-refractivity contribution >= 4 is 6.03 Å². The van der Waals surface area contributed by atoms with Gasteiger partial charge in [-0.25, -0.2) is 4.79 Å². The van der Waals surface area contributed by atoms with Gasteiger partial charge in [0.25, 0.3) is 0 Å². The highest BCUT2D eigenvalue weighted by Crippen LogP contribution is 2.27. The number of likely N-dealkylation sites (tertiary alicyclic amines) is 2. The van der Waals surface area contributed by atoms with Gasteiger partial charge in [-0.05, 0) is 56.6 Å². The molecule has 2 aliphatic rings. The second-order valence-electron chi connectivity index (χ2n) is 8.03. The quantitative estimate of drug-likeness (QED) is 0.905. The molecule has 0 aliphatic carbocycles. The van der Waals surface area contributed by atoms with Gasteiger partial charge in [0.05, 0.1) is 0 Å². The molecule has 2 amide bonds. The number of nitrogens with one attached hydrogen (secondary N) is 1. The average Bonchev–Trinajstić information content (AvgIpc) is 2.62. The molecular formula is C21H33N3O. The number of hydrogen-bond donors (Lipinski definition) is 1. The average molecular weight is 344 g/mol. The van der Waals surface area contributed by atoms with Crippen molar-refractivity contribution in [2.45, 2.75) is 51.5 Å². The van der Waals surface area contributed by atoms with Crippen LogP contribution in [0.15, 0.2) is 30.3 Å². The maximum atomic E-state index is 12.6. The van der Waals surface area contributed by atoms with E-state index < -0.39 is 0 Å². The number of amides is 2. The summed E-state index contributed by atoms with van der Waals surface area (Å²) in [6.07, 6.45) is 4.76. The Morgan fingerprint density at radius 1 is 1.16 bits per heavy atom. The molecule has 4 nitrogen and oxygen atoms in total. The molecule has 4 heteroatoms. The van der Waals surface area contributed by atoms with Crippen LogP contribution in [0.2, 0.25) is 0 Å². The van der Waals surface area contributed by atoms with Crippen molar-refractivity contribution in [3.05, 3.63) is 35.9 Å². The minimum absolute atomic E-state index is 0.115. The van der Waals surface area contributed by atoms with Crippen molar-refractivity contribution < 1.29 is 4.79 Å². The highest BCUT2D eigenvalue weighted by atomic mass is 16.2. The monoisotopic (exact) mass is 343 g/mol. The van der Waals surface area contributed by atoms with E-state index in [2.05, 4.69) is 54.4 Å². The van der Waals surface area contributed by atoms with Gasteiger partial charge in [0, 0.05) is 32.2 Å². The second kappa shape index (κ2) is 8.70. The van der Waals surface area contributed by atoms with Crippen LogP contribution < -0.4 is 5.32 Å². The van der Waals surface area contributed by atoms with Crippen molar-refractivity contribution in [3.8, 4) is 0 Å². The Bertz CT molecular complexity index is 539. The van der Waals surface area contributed by atoms with E-state index in [9.17, 15) is 4.79 Å². The minimum Gasteiger partial charge on any atom is -0.334 e. The predicted molar refractivity (Wildman–Crippen MR) is 103 cm³/mol. The molecule has 0 bridgehead atoms.